The Kier molecular flexibility index (Phi) is 4.78. The molecule has 0 bridgehead atoms. The Morgan fingerprint density at radius 3 is 2.53 bits per heavy atom. The number of ketones is 1. The molecule has 0 aliphatic carbocycles. The van der Waals surface area contributed by atoms with Crippen LogP contribution in [0.2, 0.25) is 5.02 Å². The number of aromatic nitrogens is 1. The zero-order chi connectivity index (χ0) is 22.3. The van der Waals surface area contributed by atoms with Gasteiger partial charge < -0.3 is 4.90 Å². The third-order valence-corrected chi connectivity index (χ3v) is 6.57. The summed E-state index contributed by atoms with van der Waals surface area (Å²) < 4.78 is 0. The number of nitrogens with zero attached hydrogens (tertiary/aromatic N) is 4. The molecule has 0 saturated carbocycles. The van der Waals surface area contributed by atoms with Gasteiger partial charge in [0, 0.05) is 34.6 Å². The van der Waals surface area contributed by atoms with Crippen molar-refractivity contribution in [1.82, 2.24) is 4.98 Å². The number of anilines is 1. The zero-order valence-corrected chi connectivity index (χ0v) is 17.6. The predicted molar refractivity (Wildman–Crippen MR) is 122 cm³/mol. The molecular formula is C26H17ClN4O. The molecule has 1 saturated heterocycles. The molecule has 3 atom stereocenters. The Morgan fingerprint density at radius 2 is 1.84 bits per heavy atom. The van der Waals surface area contributed by atoms with Gasteiger partial charge in [-0.15, -0.1) is 0 Å². The number of hydrogen-bond acceptors (Lipinski definition) is 5. The number of hydrogen-bond donors (Lipinski definition) is 0. The lowest BCUT2D eigenvalue weighted by molar-refractivity contribution is 0.0951. The van der Waals surface area contributed by atoms with Gasteiger partial charge in [-0.2, -0.15) is 10.5 Å². The molecule has 0 spiro atoms. The molecule has 3 aromatic rings. The third kappa shape index (κ3) is 2.83. The van der Waals surface area contributed by atoms with E-state index in [9.17, 15) is 15.3 Å². The molecule has 6 heteroatoms. The fourth-order valence-corrected chi connectivity index (χ4v) is 5.15. The maximum absolute atomic E-state index is 14.0. The van der Waals surface area contributed by atoms with Crippen LogP contribution in [0.5, 0.6) is 0 Å². The van der Waals surface area contributed by atoms with Crippen LogP contribution in [0, 0.1) is 28.1 Å². The average molecular weight is 437 g/mol. The van der Waals surface area contributed by atoms with Crippen molar-refractivity contribution < 1.29 is 4.79 Å². The molecule has 0 unspecified atom stereocenters. The predicted octanol–water partition coefficient (Wildman–Crippen LogP) is 5.02. The number of benzene rings is 2. The molecule has 0 radical (unpaired) electrons. The van der Waals surface area contributed by atoms with Crippen LogP contribution in [0.4, 0.5) is 5.69 Å². The van der Waals surface area contributed by atoms with E-state index in [4.69, 9.17) is 11.6 Å². The minimum absolute atomic E-state index is 0.145. The summed E-state index contributed by atoms with van der Waals surface area (Å²) in [5, 5.41) is 21.3. The highest BCUT2D eigenvalue weighted by molar-refractivity contribution is 6.30. The van der Waals surface area contributed by atoms with E-state index in [0.717, 1.165) is 11.3 Å². The van der Waals surface area contributed by atoms with Crippen LogP contribution in [-0.2, 0) is 0 Å². The van der Waals surface area contributed by atoms with Crippen LogP contribution in [0.1, 0.15) is 27.4 Å². The minimum atomic E-state index is -1.48. The maximum Gasteiger partial charge on any atom is 0.185 e. The lowest BCUT2D eigenvalue weighted by Crippen LogP contribution is -2.44. The fourth-order valence-electron chi connectivity index (χ4n) is 4.97. The van der Waals surface area contributed by atoms with Gasteiger partial charge in [0.15, 0.2) is 11.2 Å². The third-order valence-electron chi connectivity index (χ3n) is 6.34. The Labute approximate surface area is 190 Å². The second-order valence-corrected chi connectivity index (χ2v) is 8.38. The van der Waals surface area contributed by atoms with Crippen LogP contribution in [-0.4, -0.2) is 22.9 Å². The highest BCUT2D eigenvalue weighted by atomic mass is 35.5. The molecule has 5 nitrogen and oxygen atoms in total. The van der Waals surface area contributed by atoms with Crippen molar-refractivity contribution in [2.45, 2.75) is 18.0 Å². The molecule has 1 aromatic heterocycles. The largest absolute Gasteiger partial charge is 0.351 e. The van der Waals surface area contributed by atoms with Crippen molar-refractivity contribution in [2.75, 3.05) is 4.90 Å². The van der Waals surface area contributed by atoms with Crippen LogP contribution in [0.15, 0.2) is 79.1 Å². The quantitative estimate of drug-likeness (QED) is 0.538. The molecule has 2 aliphatic rings. The summed E-state index contributed by atoms with van der Waals surface area (Å²) in [6, 6.07) is 21.2. The van der Waals surface area contributed by atoms with E-state index in [1.807, 2.05) is 53.5 Å². The molecular weight excluding hydrogens is 420 g/mol. The molecule has 154 valence electrons. The van der Waals surface area contributed by atoms with E-state index in [0.29, 0.717) is 16.1 Å². The number of halogens is 1. The molecule has 0 amide bonds. The number of nitriles is 2. The first-order chi connectivity index (χ1) is 15.6. The van der Waals surface area contributed by atoms with Gasteiger partial charge in [0.25, 0.3) is 0 Å². The molecule has 2 aliphatic heterocycles. The van der Waals surface area contributed by atoms with Crippen molar-refractivity contribution in [3.8, 4) is 12.1 Å². The van der Waals surface area contributed by atoms with Gasteiger partial charge in [0.2, 0.25) is 0 Å². The van der Waals surface area contributed by atoms with E-state index in [1.54, 1.807) is 36.7 Å². The highest BCUT2D eigenvalue weighted by Gasteiger charge is 2.63. The Hall–Kier alpha value is -3.93. The summed E-state index contributed by atoms with van der Waals surface area (Å²) in [4.78, 5) is 20.1. The normalized spacial score (nSPS) is 22.3. The van der Waals surface area contributed by atoms with Gasteiger partial charge in [0.05, 0.1) is 18.2 Å². The van der Waals surface area contributed by atoms with Gasteiger partial charge >= 0.3 is 0 Å². The van der Waals surface area contributed by atoms with Crippen LogP contribution >= 0.6 is 11.6 Å². The van der Waals surface area contributed by atoms with Gasteiger partial charge in [-0.1, -0.05) is 60.2 Å². The van der Waals surface area contributed by atoms with Crippen molar-refractivity contribution in [3.63, 3.8) is 0 Å². The van der Waals surface area contributed by atoms with E-state index in [2.05, 4.69) is 17.1 Å². The summed E-state index contributed by atoms with van der Waals surface area (Å²) in [6.45, 7) is 0. The fraction of sp³-hybridized carbons (Fsp3) is 0.154. The van der Waals surface area contributed by atoms with Crippen LogP contribution in [0.25, 0.3) is 6.08 Å². The molecule has 0 N–H and O–H groups in total. The molecule has 1 fully saturated rings. The maximum atomic E-state index is 14.0. The molecule has 32 heavy (non-hydrogen) atoms. The zero-order valence-electron chi connectivity index (χ0n) is 16.9. The standard InChI is InChI=1S/C26H17ClN4O/c27-20-9-10-21-18(13-20)8-11-22-26(15-28,16-29)23(19-7-4-12-30-14-19)24(31(21)22)25(32)17-5-2-1-3-6-17/h1-14,22-24H/t22-,23-,24+/m0/s1. The summed E-state index contributed by atoms with van der Waals surface area (Å²) in [5.74, 6) is -0.844. The number of Topliss-reactive ketones (excluding diaryl/α,β-unsaturated/α-hetero) is 1. The number of fused-ring (bicyclic) bond motifs is 3. The second-order valence-electron chi connectivity index (χ2n) is 7.95. The first-order valence-electron chi connectivity index (χ1n) is 10.2. The minimum Gasteiger partial charge on any atom is -0.351 e. The molecule has 3 heterocycles. The number of rotatable bonds is 3. The van der Waals surface area contributed by atoms with Gasteiger partial charge in [0.1, 0.15) is 6.04 Å². The van der Waals surface area contributed by atoms with Crippen LogP contribution < -0.4 is 4.90 Å². The number of pyridine rings is 1. The van der Waals surface area contributed by atoms with Crippen molar-refractivity contribution in [2.24, 2.45) is 5.41 Å². The van der Waals surface area contributed by atoms with Crippen LogP contribution in [0.3, 0.4) is 0 Å². The summed E-state index contributed by atoms with van der Waals surface area (Å²) in [6.07, 6.45) is 7.00. The SMILES string of the molecule is N#CC1(C#N)[C@@H]2C=Cc3cc(Cl)ccc3N2[C@@H](C(=O)c2ccccc2)[C@@H]1c1cccnc1. The topological polar surface area (TPSA) is 80.8 Å². The summed E-state index contributed by atoms with van der Waals surface area (Å²) in [7, 11) is 0. The first-order valence-corrected chi connectivity index (χ1v) is 10.6. The lowest BCUT2D eigenvalue weighted by atomic mass is 9.69. The van der Waals surface area contributed by atoms with Gasteiger partial charge in [-0.25, -0.2) is 0 Å². The summed E-state index contributed by atoms with van der Waals surface area (Å²) >= 11 is 6.22. The highest BCUT2D eigenvalue weighted by Crippen LogP contribution is 2.55. The number of carbonyl (C=O) groups is 1. The molecule has 5 rings (SSSR count). The molecule has 2 aromatic carbocycles. The van der Waals surface area contributed by atoms with Gasteiger partial charge in [-0.05, 0) is 35.4 Å². The number of carbonyl (C=O) groups excluding carboxylic acids is 1. The van der Waals surface area contributed by atoms with E-state index < -0.39 is 23.4 Å². The first kappa shape index (κ1) is 20.0. The summed E-state index contributed by atoms with van der Waals surface area (Å²) in [5.41, 5.74) is 1.35. The second kappa shape index (κ2) is 7.64. The van der Waals surface area contributed by atoms with E-state index in [1.165, 1.54) is 0 Å². The van der Waals surface area contributed by atoms with Gasteiger partial charge in [-0.3, -0.25) is 9.78 Å². The van der Waals surface area contributed by atoms with Crippen molar-refractivity contribution in [3.05, 3.63) is 101 Å². The van der Waals surface area contributed by atoms with E-state index in [-0.39, 0.29) is 5.78 Å². The Bertz CT molecular complexity index is 1290. The van der Waals surface area contributed by atoms with Crippen molar-refractivity contribution >= 4 is 29.1 Å². The monoisotopic (exact) mass is 436 g/mol. The Balaban J connectivity index is 1.79. The smallest absolute Gasteiger partial charge is 0.185 e. The Morgan fingerprint density at radius 1 is 1.06 bits per heavy atom. The lowest BCUT2D eigenvalue weighted by Gasteiger charge is -2.35. The average Bonchev–Trinajstić information content (AvgIpc) is 3.15. The van der Waals surface area contributed by atoms with Crippen molar-refractivity contribution in [1.29, 1.82) is 10.5 Å². The van der Waals surface area contributed by atoms with E-state index >= 15 is 0 Å².